The number of likely N-dealkylation sites (N-methyl/N-ethyl adjacent to an activating group) is 1. The topological polar surface area (TPSA) is 216 Å². The van der Waals surface area contributed by atoms with Gasteiger partial charge < -0.3 is 42.7 Å². The summed E-state index contributed by atoms with van der Waals surface area (Å²) in [5.74, 6) is -2.44. The van der Waals surface area contributed by atoms with Crippen LogP contribution in [0.1, 0.15) is 31.2 Å². The SMILES string of the molecule is C[N+](CCN)(CCCC(N)C(=O)NC(CCc1ccccc1)C(=O)Nc1cnc2ccccc2c1)CCNC(=O)[C@@H](N)CC(=O)O. The predicted molar refractivity (Wildman–Crippen MR) is 177 cm³/mol. The van der Waals surface area contributed by atoms with E-state index in [0.29, 0.717) is 68.6 Å². The van der Waals surface area contributed by atoms with Crippen LogP contribution in [0, 0.1) is 0 Å². The van der Waals surface area contributed by atoms with E-state index in [-0.39, 0.29) is 5.91 Å². The summed E-state index contributed by atoms with van der Waals surface area (Å²) < 4.78 is 0.515. The van der Waals surface area contributed by atoms with Crippen LogP contribution in [0.5, 0.6) is 0 Å². The second-order valence-electron chi connectivity index (χ2n) is 11.8. The number of fused-ring (bicyclic) bond motifs is 1. The molecule has 3 amide bonds. The summed E-state index contributed by atoms with van der Waals surface area (Å²) in [5.41, 5.74) is 20.2. The first-order valence-corrected chi connectivity index (χ1v) is 15.5. The van der Waals surface area contributed by atoms with Crippen molar-refractivity contribution in [3.8, 4) is 0 Å². The van der Waals surface area contributed by atoms with Crippen molar-refractivity contribution in [2.24, 2.45) is 17.2 Å². The molecule has 0 aliphatic heterocycles. The lowest BCUT2D eigenvalue weighted by molar-refractivity contribution is -0.907. The number of anilines is 1. The molecule has 0 aliphatic carbocycles. The van der Waals surface area contributed by atoms with Crippen LogP contribution >= 0.6 is 0 Å². The van der Waals surface area contributed by atoms with Gasteiger partial charge in [-0.05, 0) is 43.4 Å². The summed E-state index contributed by atoms with van der Waals surface area (Å²) in [7, 11) is 1.99. The van der Waals surface area contributed by atoms with E-state index in [4.69, 9.17) is 22.3 Å². The number of aliphatic carboxylic acids is 1. The van der Waals surface area contributed by atoms with Gasteiger partial charge in [-0.1, -0.05) is 48.5 Å². The van der Waals surface area contributed by atoms with Crippen molar-refractivity contribution < 1.29 is 28.8 Å². The third kappa shape index (κ3) is 11.8. The summed E-state index contributed by atoms with van der Waals surface area (Å²) in [6.07, 6.45) is 3.08. The molecule has 1 heterocycles. The number of aromatic nitrogens is 1. The Morgan fingerprint density at radius 1 is 0.891 bits per heavy atom. The first-order valence-electron chi connectivity index (χ1n) is 15.5. The fourth-order valence-corrected chi connectivity index (χ4v) is 5.20. The van der Waals surface area contributed by atoms with Crippen LogP contribution in [0.3, 0.4) is 0 Å². The van der Waals surface area contributed by atoms with Crippen LogP contribution in [0.15, 0.2) is 66.9 Å². The molecular weight excluding hydrogens is 588 g/mol. The van der Waals surface area contributed by atoms with Crippen molar-refractivity contribution in [1.29, 1.82) is 0 Å². The van der Waals surface area contributed by atoms with Gasteiger partial charge >= 0.3 is 5.97 Å². The van der Waals surface area contributed by atoms with Crippen molar-refractivity contribution in [3.63, 3.8) is 0 Å². The maximum Gasteiger partial charge on any atom is 0.305 e. The normalized spacial score (nSPS) is 14.4. The van der Waals surface area contributed by atoms with Crippen LogP contribution in [0.2, 0.25) is 0 Å². The van der Waals surface area contributed by atoms with Gasteiger partial charge in [-0.25, -0.2) is 0 Å². The molecule has 0 radical (unpaired) electrons. The van der Waals surface area contributed by atoms with Crippen LogP contribution < -0.4 is 33.2 Å². The quantitative estimate of drug-likeness (QED) is 0.0923. The fourth-order valence-electron chi connectivity index (χ4n) is 5.20. The number of pyridine rings is 1. The minimum atomic E-state index is -1.14. The molecule has 0 fully saturated rings. The third-order valence-electron chi connectivity index (χ3n) is 7.96. The van der Waals surface area contributed by atoms with E-state index in [0.717, 1.165) is 16.5 Å². The van der Waals surface area contributed by atoms with Gasteiger partial charge in [-0.15, -0.1) is 0 Å². The monoisotopic (exact) mass is 635 g/mol. The number of carbonyl (C=O) groups is 4. The molecule has 46 heavy (non-hydrogen) atoms. The molecule has 0 saturated heterocycles. The zero-order valence-corrected chi connectivity index (χ0v) is 26.4. The smallest absolute Gasteiger partial charge is 0.305 e. The number of hydrogen-bond donors (Lipinski definition) is 7. The lowest BCUT2D eigenvalue weighted by Crippen LogP contribution is -2.53. The minimum Gasteiger partial charge on any atom is -0.481 e. The van der Waals surface area contributed by atoms with Crippen LogP contribution in [0.25, 0.3) is 10.9 Å². The molecule has 3 rings (SSSR count). The zero-order valence-electron chi connectivity index (χ0n) is 26.4. The Balaban J connectivity index is 1.57. The number of amides is 3. The molecule has 3 unspecified atom stereocenters. The number of nitrogens with zero attached hydrogens (tertiary/aromatic N) is 2. The zero-order chi connectivity index (χ0) is 33.5. The molecule has 13 nitrogen and oxygen atoms in total. The van der Waals surface area contributed by atoms with Crippen LogP contribution in [-0.4, -0.2) is 96.2 Å². The Labute approximate surface area is 269 Å². The molecule has 3 aromatic rings. The Kier molecular flexibility index (Phi) is 14.0. The van der Waals surface area contributed by atoms with Crippen molar-refractivity contribution in [2.75, 3.05) is 45.1 Å². The molecule has 4 atom stereocenters. The highest BCUT2D eigenvalue weighted by Gasteiger charge is 2.26. The number of carboxylic acid groups (broad SMARTS) is 1. The number of nitrogens with two attached hydrogens (primary N) is 3. The molecular formula is C33H47N8O5+. The van der Waals surface area contributed by atoms with Crippen LogP contribution in [0.4, 0.5) is 5.69 Å². The Bertz CT molecular complexity index is 1460. The van der Waals surface area contributed by atoms with E-state index in [1.165, 1.54) is 0 Å². The highest BCUT2D eigenvalue weighted by atomic mass is 16.4. The number of para-hydroxylation sites is 1. The number of carboxylic acids is 1. The van der Waals surface area contributed by atoms with Crippen molar-refractivity contribution >= 4 is 40.3 Å². The largest absolute Gasteiger partial charge is 0.481 e. The summed E-state index contributed by atoms with van der Waals surface area (Å²) in [4.78, 5) is 53.9. The van der Waals surface area contributed by atoms with Crippen molar-refractivity contribution in [1.82, 2.24) is 15.6 Å². The molecule has 0 saturated carbocycles. The number of quaternary nitrogens is 1. The highest BCUT2D eigenvalue weighted by molar-refractivity contribution is 5.99. The Morgan fingerprint density at radius 2 is 1.61 bits per heavy atom. The molecule has 10 N–H and O–H groups in total. The first-order chi connectivity index (χ1) is 22.0. The standard InChI is InChI=1S/C33H46N8O5/c1-41(18-15-34,19-16-37-31(44)27(36)21-30(42)43)17-7-11-26(35)32(45)40-29(14-13-23-8-3-2-4-9-23)33(46)39-25-20-24-10-5-6-12-28(24)38-22-25/h2-6,8-10,12,20,22,26-27,29H,7,11,13-19,21,34-36H2,1H3,(H3-,37,39,40,42,43,44,45,46)/p+1/t26?,27-,29?,41?/m0/s1. The number of carbonyl (C=O) groups excluding carboxylic acids is 3. The van der Waals surface area contributed by atoms with Gasteiger partial charge in [0.2, 0.25) is 17.7 Å². The molecule has 0 spiro atoms. The summed E-state index contributed by atoms with van der Waals surface area (Å²) in [6, 6.07) is 16.4. The van der Waals surface area contributed by atoms with Crippen LogP contribution in [-0.2, 0) is 25.6 Å². The van der Waals surface area contributed by atoms with E-state index in [9.17, 15) is 19.2 Å². The van der Waals surface area contributed by atoms with E-state index in [2.05, 4.69) is 20.9 Å². The van der Waals surface area contributed by atoms with Gasteiger partial charge in [0.1, 0.15) is 6.04 Å². The average Bonchev–Trinajstić information content (AvgIpc) is 3.03. The third-order valence-corrected chi connectivity index (χ3v) is 7.96. The Hall–Kier alpha value is -4.43. The number of rotatable bonds is 19. The summed E-state index contributed by atoms with van der Waals surface area (Å²) in [6.45, 7) is 2.52. The second kappa shape index (κ2) is 17.9. The second-order valence-corrected chi connectivity index (χ2v) is 11.8. The van der Waals surface area contributed by atoms with Gasteiger partial charge in [0.25, 0.3) is 0 Å². The average molecular weight is 636 g/mol. The summed E-state index contributed by atoms with van der Waals surface area (Å²) in [5, 5.41) is 18.2. The van der Waals surface area contributed by atoms with Gasteiger partial charge in [0, 0.05) is 11.9 Å². The van der Waals surface area contributed by atoms with Gasteiger partial charge in [0.15, 0.2) is 0 Å². The molecule has 0 aliphatic rings. The van der Waals surface area contributed by atoms with Gasteiger partial charge in [0.05, 0.1) is 69.1 Å². The first kappa shape index (κ1) is 36.0. The number of benzene rings is 2. The van der Waals surface area contributed by atoms with Crippen molar-refractivity contribution in [3.05, 3.63) is 72.4 Å². The fraction of sp³-hybridized carbons (Fsp3) is 0.424. The van der Waals surface area contributed by atoms with E-state index in [1.54, 1.807) is 6.20 Å². The lowest BCUT2D eigenvalue weighted by atomic mass is 10.0. The van der Waals surface area contributed by atoms with E-state index in [1.807, 2.05) is 67.7 Å². The minimum absolute atomic E-state index is 0.292. The maximum atomic E-state index is 13.4. The number of hydrogen-bond acceptors (Lipinski definition) is 8. The molecule has 0 bridgehead atoms. The highest BCUT2D eigenvalue weighted by Crippen LogP contribution is 2.17. The molecule has 2 aromatic carbocycles. The molecule has 248 valence electrons. The Morgan fingerprint density at radius 3 is 2.33 bits per heavy atom. The number of aryl methyl sites for hydroxylation is 1. The lowest BCUT2D eigenvalue weighted by Gasteiger charge is -2.35. The molecule has 1 aromatic heterocycles. The van der Waals surface area contributed by atoms with E-state index < -0.39 is 42.3 Å². The maximum absolute atomic E-state index is 13.4. The summed E-state index contributed by atoms with van der Waals surface area (Å²) >= 11 is 0. The predicted octanol–water partition coefficient (Wildman–Crippen LogP) is 0.722. The molecule has 13 heteroatoms. The van der Waals surface area contributed by atoms with Gasteiger partial charge in [-0.3, -0.25) is 24.2 Å². The van der Waals surface area contributed by atoms with Gasteiger partial charge in [-0.2, -0.15) is 0 Å². The van der Waals surface area contributed by atoms with E-state index >= 15 is 0 Å². The number of nitrogens with one attached hydrogen (secondary N) is 3. The van der Waals surface area contributed by atoms with Crippen molar-refractivity contribution in [2.45, 2.75) is 50.2 Å².